The molecule has 1 aliphatic rings. The Labute approximate surface area is 160 Å². The second-order valence-electron chi connectivity index (χ2n) is 5.99. The van der Waals surface area contributed by atoms with Crippen LogP contribution < -0.4 is 24.3 Å². The minimum absolute atomic E-state index is 0.165. The molecule has 0 saturated heterocycles. The van der Waals surface area contributed by atoms with Crippen molar-refractivity contribution < 1.29 is 28.3 Å². The molecule has 4 rings (SSSR count). The Balaban J connectivity index is 1.65. The van der Waals surface area contributed by atoms with Gasteiger partial charge >= 0.3 is 0 Å². The molecule has 28 heavy (non-hydrogen) atoms. The van der Waals surface area contributed by atoms with Crippen LogP contribution in [0.25, 0.3) is 11.3 Å². The number of fused-ring (bicyclic) bond motifs is 3. The topological polar surface area (TPSA) is 92.1 Å². The summed E-state index contributed by atoms with van der Waals surface area (Å²) in [4.78, 5) is 12.8. The molecule has 0 saturated carbocycles. The minimum Gasteiger partial charge on any atom is -0.493 e. The molecule has 0 aliphatic carbocycles. The summed E-state index contributed by atoms with van der Waals surface area (Å²) in [5.74, 6) is 2.10. The van der Waals surface area contributed by atoms with Gasteiger partial charge in [-0.1, -0.05) is 17.3 Å². The molecular weight excluding hydrogens is 364 g/mol. The predicted molar refractivity (Wildman–Crippen MR) is 100 cm³/mol. The number of methoxy groups -OCH3 is 3. The molecule has 8 heteroatoms. The standard InChI is InChI=1S/C20H18N2O6/c1-24-15-8-11(9-16(25-2)19(15)26-3)21-20(23)17-13-10-27-14-7-5-4-6-12(14)18(13)28-22-17/h4-9H,10H2,1-3H3,(H,21,23). The number of nitrogens with one attached hydrogen (secondary N) is 1. The average Bonchev–Trinajstić information content (AvgIpc) is 3.17. The van der Waals surface area contributed by atoms with E-state index in [9.17, 15) is 4.79 Å². The van der Waals surface area contributed by atoms with Crippen LogP contribution in [0.15, 0.2) is 40.9 Å². The normalized spacial score (nSPS) is 11.7. The highest BCUT2D eigenvalue weighted by atomic mass is 16.5. The quantitative estimate of drug-likeness (QED) is 0.722. The van der Waals surface area contributed by atoms with Gasteiger partial charge < -0.3 is 28.8 Å². The molecule has 0 radical (unpaired) electrons. The maximum atomic E-state index is 12.8. The van der Waals surface area contributed by atoms with Gasteiger partial charge in [0, 0.05) is 17.8 Å². The van der Waals surface area contributed by atoms with Crippen LogP contribution in [-0.4, -0.2) is 32.4 Å². The third-order valence-corrected chi connectivity index (χ3v) is 4.43. The summed E-state index contributed by atoms with van der Waals surface area (Å²) in [5, 5.41) is 6.74. The molecule has 0 fully saturated rings. The van der Waals surface area contributed by atoms with Crippen LogP contribution in [0, 0.1) is 0 Å². The lowest BCUT2D eigenvalue weighted by atomic mass is 10.0. The number of carbonyl (C=O) groups is 1. The first-order chi connectivity index (χ1) is 13.7. The van der Waals surface area contributed by atoms with Crippen LogP contribution in [0.4, 0.5) is 5.69 Å². The van der Waals surface area contributed by atoms with Gasteiger partial charge in [0.2, 0.25) is 5.75 Å². The zero-order valence-electron chi connectivity index (χ0n) is 15.6. The van der Waals surface area contributed by atoms with Crippen molar-refractivity contribution in [1.29, 1.82) is 0 Å². The van der Waals surface area contributed by atoms with Gasteiger partial charge in [-0.2, -0.15) is 0 Å². The maximum absolute atomic E-state index is 12.8. The van der Waals surface area contributed by atoms with E-state index in [0.29, 0.717) is 40.0 Å². The smallest absolute Gasteiger partial charge is 0.278 e. The van der Waals surface area contributed by atoms with Crippen LogP contribution in [0.2, 0.25) is 0 Å². The van der Waals surface area contributed by atoms with E-state index in [1.54, 1.807) is 12.1 Å². The number of amides is 1. The Hall–Kier alpha value is -3.68. The number of rotatable bonds is 5. The Kier molecular flexibility index (Phi) is 4.52. The van der Waals surface area contributed by atoms with E-state index in [0.717, 1.165) is 5.56 Å². The highest BCUT2D eigenvalue weighted by Gasteiger charge is 2.29. The van der Waals surface area contributed by atoms with Gasteiger partial charge in [-0.3, -0.25) is 4.79 Å². The monoisotopic (exact) mass is 382 g/mol. The fourth-order valence-electron chi connectivity index (χ4n) is 3.11. The zero-order valence-corrected chi connectivity index (χ0v) is 15.6. The summed E-state index contributed by atoms with van der Waals surface area (Å²) in [6, 6.07) is 10.7. The lowest BCUT2D eigenvalue weighted by molar-refractivity contribution is 0.101. The second kappa shape index (κ2) is 7.15. The number of aromatic nitrogens is 1. The molecule has 1 aliphatic heterocycles. The number of ether oxygens (including phenoxy) is 4. The summed E-state index contributed by atoms with van der Waals surface area (Å²) in [5.41, 5.74) is 2.00. The van der Waals surface area contributed by atoms with Gasteiger partial charge in [0.25, 0.3) is 5.91 Å². The van der Waals surface area contributed by atoms with Crippen molar-refractivity contribution in [3.05, 3.63) is 47.7 Å². The van der Waals surface area contributed by atoms with Gasteiger partial charge in [-0.05, 0) is 12.1 Å². The average molecular weight is 382 g/mol. The molecule has 2 heterocycles. The molecule has 0 bridgehead atoms. The maximum Gasteiger partial charge on any atom is 0.278 e. The van der Waals surface area contributed by atoms with Crippen molar-refractivity contribution >= 4 is 11.6 Å². The first kappa shape index (κ1) is 17.7. The lowest BCUT2D eigenvalue weighted by Gasteiger charge is -2.16. The summed E-state index contributed by atoms with van der Waals surface area (Å²) >= 11 is 0. The Morgan fingerprint density at radius 2 is 1.79 bits per heavy atom. The molecular formula is C20H18N2O6. The molecule has 1 N–H and O–H groups in total. The molecule has 3 aromatic rings. The minimum atomic E-state index is -0.428. The molecule has 0 atom stereocenters. The predicted octanol–water partition coefficient (Wildman–Crippen LogP) is 3.51. The van der Waals surface area contributed by atoms with Crippen molar-refractivity contribution in [1.82, 2.24) is 5.16 Å². The zero-order chi connectivity index (χ0) is 19.7. The molecule has 144 valence electrons. The molecule has 0 spiro atoms. The van der Waals surface area contributed by atoms with E-state index < -0.39 is 5.91 Å². The van der Waals surface area contributed by atoms with E-state index in [1.165, 1.54) is 21.3 Å². The molecule has 1 aromatic heterocycles. The fraction of sp³-hybridized carbons (Fsp3) is 0.200. The van der Waals surface area contributed by atoms with Crippen LogP contribution >= 0.6 is 0 Å². The van der Waals surface area contributed by atoms with E-state index in [-0.39, 0.29) is 12.3 Å². The third-order valence-electron chi connectivity index (χ3n) is 4.43. The number of para-hydroxylation sites is 1. The van der Waals surface area contributed by atoms with Crippen LogP contribution in [-0.2, 0) is 6.61 Å². The van der Waals surface area contributed by atoms with Gasteiger partial charge in [0.15, 0.2) is 23.0 Å². The van der Waals surface area contributed by atoms with Crippen LogP contribution in [0.5, 0.6) is 23.0 Å². The lowest BCUT2D eigenvalue weighted by Crippen LogP contribution is -2.16. The van der Waals surface area contributed by atoms with E-state index in [1.807, 2.05) is 24.3 Å². The van der Waals surface area contributed by atoms with E-state index in [4.69, 9.17) is 23.5 Å². The molecule has 0 unspecified atom stereocenters. The highest BCUT2D eigenvalue weighted by Crippen LogP contribution is 2.41. The molecule has 1 amide bonds. The SMILES string of the molecule is COc1cc(NC(=O)c2noc3c2COc2ccccc2-3)cc(OC)c1OC. The first-order valence-electron chi connectivity index (χ1n) is 8.48. The number of hydrogen-bond donors (Lipinski definition) is 1. The second-order valence-corrected chi connectivity index (χ2v) is 5.99. The van der Waals surface area contributed by atoms with Crippen molar-refractivity contribution in [2.75, 3.05) is 26.6 Å². The summed E-state index contributed by atoms with van der Waals surface area (Å²) < 4.78 is 27.1. The Morgan fingerprint density at radius 3 is 2.46 bits per heavy atom. The van der Waals surface area contributed by atoms with Gasteiger partial charge in [0.1, 0.15) is 12.4 Å². The van der Waals surface area contributed by atoms with Crippen molar-refractivity contribution in [3.63, 3.8) is 0 Å². The van der Waals surface area contributed by atoms with Gasteiger partial charge in [0.05, 0.1) is 32.5 Å². The summed E-state index contributed by atoms with van der Waals surface area (Å²) in [6.45, 7) is 0.202. The molecule has 8 nitrogen and oxygen atoms in total. The number of nitrogens with zero attached hydrogens (tertiary/aromatic N) is 1. The van der Waals surface area contributed by atoms with Crippen molar-refractivity contribution in [2.45, 2.75) is 6.61 Å². The van der Waals surface area contributed by atoms with Crippen molar-refractivity contribution in [3.8, 4) is 34.3 Å². The molecule has 2 aromatic carbocycles. The van der Waals surface area contributed by atoms with Gasteiger partial charge in [-0.15, -0.1) is 0 Å². The Morgan fingerprint density at radius 1 is 1.07 bits per heavy atom. The number of hydrogen-bond acceptors (Lipinski definition) is 7. The van der Waals surface area contributed by atoms with Gasteiger partial charge in [-0.25, -0.2) is 0 Å². The number of benzene rings is 2. The summed E-state index contributed by atoms with van der Waals surface area (Å²) in [6.07, 6.45) is 0. The number of anilines is 1. The van der Waals surface area contributed by atoms with E-state index >= 15 is 0 Å². The third kappa shape index (κ3) is 2.88. The summed E-state index contributed by atoms with van der Waals surface area (Å²) in [7, 11) is 4.52. The highest BCUT2D eigenvalue weighted by molar-refractivity contribution is 6.05. The largest absolute Gasteiger partial charge is 0.493 e. The first-order valence-corrected chi connectivity index (χ1v) is 8.48. The number of carbonyl (C=O) groups excluding carboxylic acids is 1. The van der Waals surface area contributed by atoms with Crippen LogP contribution in [0.1, 0.15) is 16.1 Å². The van der Waals surface area contributed by atoms with Crippen LogP contribution in [0.3, 0.4) is 0 Å². The Bertz CT molecular complexity index is 1020. The fourth-order valence-corrected chi connectivity index (χ4v) is 3.11. The van der Waals surface area contributed by atoms with E-state index in [2.05, 4.69) is 10.5 Å². The van der Waals surface area contributed by atoms with Crippen molar-refractivity contribution in [2.24, 2.45) is 0 Å².